The molecule has 6 nitrogen and oxygen atoms in total. The average Bonchev–Trinajstić information content (AvgIpc) is 2.76. The van der Waals surface area contributed by atoms with Gasteiger partial charge in [0.1, 0.15) is 5.75 Å². The van der Waals surface area contributed by atoms with E-state index in [-0.39, 0.29) is 35.8 Å². The first-order valence-electron chi connectivity index (χ1n) is 10.8. The maximum Gasteiger partial charge on any atom is 0.225 e. The van der Waals surface area contributed by atoms with Crippen LogP contribution in [-0.2, 0) is 11.3 Å². The Morgan fingerprint density at radius 3 is 2.81 bits per heavy atom. The standard InChI is InChI=1S/C24H32N4O2.HI/c1-3-5-13-30-20-10-8-9-18(14-20)16-26-24(25-4-2)27-17-19-15-23(29)28-22-12-7-6-11-21(19)22;/h6-12,14,19H,3-5,13,15-17H2,1-2H3,(H,28,29)(H2,25,26,27);1H. The third kappa shape index (κ3) is 7.72. The van der Waals surface area contributed by atoms with Gasteiger partial charge in [-0.3, -0.25) is 4.79 Å². The summed E-state index contributed by atoms with van der Waals surface area (Å²) < 4.78 is 5.79. The molecule has 1 unspecified atom stereocenters. The van der Waals surface area contributed by atoms with Gasteiger partial charge < -0.3 is 20.7 Å². The van der Waals surface area contributed by atoms with Crippen LogP contribution in [0, 0.1) is 0 Å². The number of nitrogens with one attached hydrogen (secondary N) is 3. The predicted octanol–water partition coefficient (Wildman–Crippen LogP) is 4.66. The van der Waals surface area contributed by atoms with Gasteiger partial charge in [0.15, 0.2) is 5.96 Å². The topological polar surface area (TPSA) is 74.8 Å². The van der Waals surface area contributed by atoms with Crippen LogP contribution in [0.15, 0.2) is 53.5 Å². The summed E-state index contributed by atoms with van der Waals surface area (Å²) in [4.78, 5) is 16.8. The SMILES string of the molecule is CCCCOc1cccc(CN=C(NCC)NCC2CC(=O)Nc3ccccc32)c1.I. The van der Waals surface area contributed by atoms with E-state index in [1.54, 1.807) is 0 Å². The maximum atomic E-state index is 12.0. The molecule has 3 rings (SSSR count). The molecular weight excluding hydrogens is 503 g/mol. The van der Waals surface area contributed by atoms with E-state index in [4.69, 9.17) is 9.73 Å². The van der Waals surface area contributed by atoms with Crippen molar-refractivity contribution in [2.45, 2.75) is 45.6 Å². The van der Waals surface area contributed by atoms with Crippen molar-refractivity contribution in [3.63, 3.8) is 0 Å². The molecule has 1 aliphatic heterocycles. The van der Waals surface area contributed by atoms with Crippen LogP contribution < -0.4 is 20.7 Å². The number of halogens is 1. The Bertz CT molecular complexity index is 872. The lowest BCUT2D eigenvalue weighted by Crippen LogP contribution is -2.40. The number of rotatable bonds is 9. The van der Waals surface area contributed by atoms with Crippen LogP contribution in [0.4, 0.5) is 5.69 Å². The van der Waals surface area contributed by atoms with E-state index in [2.05, 4.69) is 35.0 Å². The van der Waals surface area contributed by atoms with Gasteiger partial charge in [-0.2, -0.15) is 0 Å². The zero-order valence-corrected chi connectivity index (χ0v) is 20.6. The molecule has 0 bridgehead atoms. The first-order chi connectivity index (χ1) is 14.7. The summed E-state index contributed by atoms with van der Waals surface area (Å²) in [6, 6.07) is 16.1. The van der Waals surface area contributed by atoms with Gasteiger partial charge in [-0.1, -0.05) is 43.7 Å². The number of guanidine groups is 1. The summed E-state index contributed by atoms with van der Waals surface area (Å²) >= 11 is 0. The van der Waals surface area contributed by atoms with Gasteiger partial charge in [-0.25, -0.2) is 4.99 Å². The number of fused-ring (bicyclic) bond motifs is 1. The van der Waals surface area contributed by atoms with E-state index in [0.717, 1.165) is 54.5 Å². The fraction of sp³-hybridized carbons (Fsp3) is 0.417. The highest BCUT2D eigenvalue weighted by Gasteiger charge is 2.24. The molecule has 0 fully saturated rings. The Hall–Kier alpha value is -2.29. The number of aliphatic imine (C=N–C) groups is 1. The number of hydrogen-bond donors (Lipinski definition) is 3. The quantitative estimate of drug-likeness (QED) is 0.189. The third-order valence-electron chi connectivity index (χ3n) is 5.05. The fourth-order valence-electron chi connectivity index (χ4n) is 3.48. The van der Waals surface area contributed by atoms with Crippen molar-refractivity contribution < 1.29 is 9.53 Å². The minimum Gasteiger partial charge on any atom is -0.494 e. The number of anilines is 1. The van der Waals surface area contributed by atoms with Crippen LogP contribution in [0.3, 0.4) is 0 Å². The molecule has 2 aromatic carbocycles. The molecule has 0 aromatic heterocycles. The van der Waals surface area contributed by atoms with Crippen molar-refractivity contribution in [1.82, 2.24) is 10.6 Å². The minimum absolute atomic E-state index is 0. The highest BCUT2D eigenvalue weighted by atomic mass is 127. The van der Waals surface area contributed by atoms with Gasteiger partial charge in [-0.05, 0) is 42.7 Å². The van der Waals surface area contributed by atoms with Crippen LogP contribution in [0.25, 0.3) is 0 Å². The summed E-state index contributed by atoms with van der Waals surface area (Å²) in [5.74, 6) is 1.81. The van der Waals surface area contributed by atoms with Crippen molar-refractivity contribution >= 4 is 41.5 Å². The van der Waals surface area contributed by atoms with Crippen molar-refractivity contribution in [2.75, 3.05) is 25.0 Å². The Labute approximate surface area is 202 Å². The lowest BCUT2D eigenvalue weighted by Gasteiger charge is -2.26. The van der Waals surface area contributed by atoms with E-state index in [9.17, 15) is 4.79 Å². The molecule has 0 saturated heterocycles. The first-order valence-corrected chi connectivity index (χ1v) is 10.8. The molecule has 31 heavy (non-hydrogen) atoms. The van der Waals surface area contributed by atoms with Crippen LogP contribution >= 0.6 is 24.0 Å². The van der Waals surface area contributed by atoms with Crippen LogP contribution in [0.1, 0.15) is 50.2 Å². The summed E-state index contributed by atoms with van der Waals surface area (Å²) in [5.41, 5.74) is 3.17. The molecule has 1 aliphatic rings. The Kier molecular flexibility index (Phi) is 10.6. The van der Waals surface area contributed by atoms with Crippen LogP contribution in [-0.4, -0.2) is 31.6 Å². The average molecular weight is 536 g/mol. The summed E-state index contributed by atoms with van der Waals surface area (Å²) in [6.07, 6.45) is 2.65. The second-order valence-electron chi connectivity index (χ2n) is 7.46. The molecular formula is C24H33IN4O2. The van der Waals surface area contributed by atoms with Gasteiger partial charge in [-0.15, -0.1) is 24.0 Å². The summed E-state index contributed by atoms with van der Waals surface area (Å²) in [7, 11) is 0. The van der Waals surface area contributed by atoms with Crippen molar-refractivity contribution in [3.8, 4) is 5.75 Å². The number of amides is 1. The van der Waals surface area contributed by atoms with Crippen molar-refractivity contribution in [1.29, 1.82) is 0 Å². The number of hydrogen-bond acceptors (Lipinski definition) is 3. The van der Waals surface area contributed by atoms with E-state index in [0.29, 0.717) is 19.5 Å². The smallest absolute Gasteiger partial charge is 0.225 e. The number of unbranched alkanes of at least 4 members (excludes halogenated alkanes) is 1. The number of carbonyl (C=O) groups is 1. The zero-order valence-electron chi connectivity index (χ0n) is 18.3. The molecule has 1 heterocycles. The molecule has 1 atom stereocenters. The Morgan fingerprint density at radius 2 is 2.00 bits per heavy atom. The van der Waals surface area contributed by atoms with Gasteiger partial charge in [0.25, 0.3) is 0 Å². The van der Waals surface area contributed by atoms with Gasteiger partial charge in [0, 0.05) is 31.1 Å². The fourth-order valence-corrected chi connectivity index (χ4v) is 3.48. The highest BCUT2D eigenvalue weighted by Crippen LogP contribution is 2.31. The highest BCUT2D eigenvalue weighted by molar-refractivity contribution is 14.0. The minimum atomic E-state index is 0. The van der Waals surface area contributed by atoms with E-state index >= 15 is 0 Å². The lowest BCUT2D eigenvalue weighted by atomic mass is 9.90. The number of carbonyl (C=O) groups excluding carboxylic acids is 1. The van der Waals surface area contributed by atoms with Crippen LogP contribution in [0.5, 0.6) is 5.75 Å². The maximum absolute atomic E-state index is 12.0. The summed E-state index contributed by atoms with van der Waals surface area (Å²) in [6.45, 7) is 6.92. The number of para-hydroxylation sites is 1. The molecule has 0 aliphatic carbocycles. The van der Waals surface area contributed by atoms with E-state index in [1.807, 2.05) is 43.3 Å². The summed E-state index contributed by atoms with van der Waals surface area (Å²) in [5, 5.41) is 9.65. The lowest BCUT2D eigenvalue weighted by molar-refractivity contribution is -0.116. The van der Waals surface area contributed by atoms with Crippen molar-refractivity contribution in [2.24, 2.45) is 4.99 Å². The second kappa shape index (κ2) is 13.2. The van der Waals surface area contributed by atoms with Crippen molar-refractivity contribution in [3.05, 3.63) is 59.7 Å². The van der Waals surface area contributed by atoms with Gasteiger partial charge in [0.2, 0.25) is 5.91 Å². The molecule has 2 aromatic rings. The molecule has 0 radical (unpaired) electrons. The first kappa shape index (κ1) is 25.0. The number of ether oxygens (including phenoxy) is 1. The largest absolute Gasteiger partial charge is 0.494 e. The monoisotopic (exact) mass is 536 g/mol. The molecule has 1 amide bonds. The molecule has 0 spiro atoms. The number of benzene rings is 2. The molecule has 3 N–H and O–H groups in total. The third-order valence-corrected chi connectivity index (χ3v) is 5.05. The predicted molar refractivity (Wildman–Crippen MR) is 138 cm³/mol. The molecule has 7 heteroatoms. The normalized spacial score (nSPS) is 15.4. The van der Waals surface area contributed by atoms with Crippen LogP contribution in [0.2, 0.25) is 0 Å². The second-order valence-corrected chi connectivity index (χ2v) is 7.46. The number of nitrogens with zero attached hydrogens (tertiary/aromatic N) is 1. The zero-order chi connectivity index (χ0) is 21.2. The van der Waals surface area contributed by atoms with E-state index in [1.165, 1.54) is 0 Å². The molecule has 168 valence electrons. The molecule has 0 saturated carbocycles. The Morgan fingerprint density at radius 1 is 1.16 bits per heavy atom. The van der Waals surface area contributed by atoms with E-state index < -0.39 is 0 Å². The van der Waals surface area contributed by atoms with Gasteiger partial charge in [0.05, 0.1) is 13.2 Å². The Balaban J connectivity index is 0.00000341. The van der Waals surface area contributed by atoms with Gasteiger partial charge >= 0.3 is 0 Å².